The number of hydrogen-bond donors (Lipinski definition) is 2. The molecule has 0 bridgehead atoms. The standard InChI is InChI=1S/C10H13ClN2O/c1-3-6-4-7(10(12)13)9(14-2)8(11)5-6/h4-5H,3H2,1-2H3,(H3,12,13). The van der Waals surface area contributed by atoms with E-state index in [1.165, 1.54) is 7.11 Å². The van der Waals surface area contributed by atoms with E-state index in [2.05, 4.69) is 0 Å². The predicted molar refractivity (Wildman–Crippen MR) is 58.4 cm³/mol. The van der Waals surface area contributed by atoms with Gasteiger partial charge in [0.15, 0.2) is 0 Å². The number of amidine groups is 1. The van der Waals surface area contributed by atoms with E-state index >= 15 is 0 Å². The molecule has 0 fully saturated rings. The van der Waals surface area contributed by atoms with Crippen LogP contribution in [0.5, 0.6) is 5.75 Å². The molecule has 14 heavy (non-hydrogen) atoms. The number of nitrogens with two attached hydrogens (primary N) is 1. The summed E-state index contributed by atoms with van der Waals surface area (Å²) in [5.41, 5.74) is 7.02. The van der Waals surface area contributed by atoms with Gasteiger partial charge in [0.2, 0.25) is 0 Å². The van der Waals surface area contributed by atoms with Crippen molar-refractivity contribution in [3.05, 3.63) is 28.3 Å². The van der Waals surface area contributed by atoms with Crippen LogP contribution in [0.4, 0.5) is 0 Å². The van der Waals surface area contributed by atoms with Gasteiger partial charge in [-0.25, -0.2) is 0 Å². The van der Waals surface area contributed by atoms with Gasteiger partial charge in [0, 0.05) is 0 Å². The highest BCUT2D eigenvalue weighted by atomic mass is 35.5. The van der Waals surface area contributed by atoms with E-state index in [0.29, 0.717) is 16.3 Å². The number of nitrogen functional groups attached to an aromatic ring is 1. The number of methoxy groups -OCH3 is 1. The Morgan fingerprint density at radius 1 is 1.57 bits per heavy atom. The fourth-order valence-corrected chi connectivity index (χ4v) is 1.58. The van der Waals surface area contributed by atoms with Crippen LogP contribution in [0.2, 0.25) is 5.02 Å². The Labute approximate surface area is 88.3 Å². The second-order valence-corrected chi connectivity index (χ2v) is 3.33. The van der Waals surface area contributed by atoms with Crippen LogP contribution in [0.15, 0.2) is 12.1 Å². The van der Waals surface area contributed by atoms with Gasteiger partial charge in [-0.2, -0.15) is 0 Å². The topological polar surface area (TPSA) is 59.1 Å². The summed E-state index contributed by atoms with van der Waals surface area (Å²) in [4.78, 5) is 0. The second-order valence-electron chi connectivity index (χ2n) is 2.93. The molecule has 4 heteroatoms. The van der Waals surface area contributed by atoms with Gasteiger partial charge in [-0.15, -0.1) is 0 Å². The Morgan fingerprint density at radius 2 is 2.21 bits per heavy atom. The number of rotatable bonds is 3. The molecule has 0 heterocycles. The van der Waals surface area contributed by atoms with Gasteiger partial charge >= 0.3 is 0 Å². The van der Waals surface area contributed by atoms with Crippen molar-refractivity contribution in [2.45, 2.75) is 13.3 Å². The molecule has 1 aromatic rings. The zero-order chi connectivity index (χ0) is 10.7. The highest BCUT2D eigenvalue weighted by Gasteiger charge is 2.11. The van der Waals surface area contributed by atoms with Crippen LogP contribution in [-0.2, 0) is 6.42 Å². The van der Waals surface area contributed by atoms with E-state index in [1.54, 1.807) is 0 Å². The van der Waals surface area contributed by atoms with Crippen molar-refractivity contribution in [3.8, 4) is 5.75 Å². The third kappa shape index (κ3) is 1.99. The van der Waals surface area contributed by atoms with E-state index in [1.807, 2.05) is 19.1 Å². The maximum Gasteiger partial charge on any atom is 0.148 e. The number of ether oxygens (including phenoxy) is 1. The molecule has 0 amide bonds. The fraction of sp³-hybridized carbons (Fsp3) is 0.300. The minimum atomic E-state index is -0.0287. The molecule has 0 saturated carbocycles. The molecule has 3 nitrogen and oxygen atoms in total. The Kier molecular flexibility index (Phi) is 3.36. The van der Waals surface area contributed by atoms with Crippen molar-refractivity contribution in [1.29, 1.82) is 5.41 Å². The van der Waals surface area contributed by atoms with Crippen molar-refractivity contribution in [1.82, 2.24) is 0 Å². The minimum Gasteiger partial charge on any atom is -0.494 e. The first-order chi connectivity index (χ1) is 6.60. The van der Waals surface area contributed by atoms with Crippen LogP contribution in [0.25, 0.3) is 0 Å². The minimum absolute atomic E-state index is 0.0287. The average Bonchev–Trinajstić information content (AvgIpc) is 2.16. The van der Waals surface area contributed by atoms with E-state index in [4.69, 9.17) is 27.5 Å². The van der Waals surface area contributed by atoms with Crippen LogP contribution in [0.3, 0.4) is 0 Å². The average molecular weight is 213 g/mol. The third-order valence-corrected chi connectivity index (χ3v) is 2.29. The summed E-state index contributed by atoms with van der Waals surface area (Å²) in [7, 11) is 1.51. The molecule has 0 aliphatic rings. The lowest BCUT2D eigenvalue weighted by molar-refractivity contribution is 0.414. The van der Waals surface area contributed by atoms with Crippen molar-refractivity contribution >= 4 is 17.4 Å². The van der Waals surface area contributed by atoms with E-state index in [0.717, 1.165) is 12.0 Å². The van der Waals surface area contributed by atoms with Gasteiger partial charge in [0.05, 0.1) is 17.7 Å². The summed E-state index contributed by atoms with van der Waals surface area (Å²) in [5, 5.41) is 7.88. The molecule has 1 aromatic carbocycles. The van der Waals surface area contributed by atoms with Crippen molar-refractivity contribution < 1.29 is 4.74 Å². The molecule has 0 aliphatic carbocycles. The van der Waals surface area contributed by atoms with Crippen molar-refractivity contribution in [2.75, 3.05) is 7.11 Å². The van der Waals surface area contributed by atoms with Crippen LogP contribution >= 0.6 is 11.6 Å². The van der Waals surface area contributed by atoms with Gasteiger partial charge in [0.1, 0.15) is 11.6 Å². The zero-order valence-electron chi connectivity index (χ0n) is 8.23. The molecular formula is C10H13ClN2O. The Bertz CT molecular complexity index is 363. The highest BCUT2D eigenvalue weighted by molar-refractivity contribution is 6.32. The van der Waals surface area contributed by atoms with Gasteiger partial charge in [-0.3, -0.25) is 5.41 Å². The summed E-state index contributed by atoms with van der Waals surface area (Å²) in [6.45, 7) is 2.02. The molecule has 1 rings (SSSR count). The summed E-state index contributed by atoms with van der Waals surface area (Å²) in [5.74, 6) is 0.440. The molecule has 0 atom stereocenters. The molecule has 0 aromatic heterocycles. The molecule has 0 unspecified atom stereocenters. The summed E-state index contributed by atoms with van der Waals surface area (Å²) in [6.07, 6.45) is 0.851. The monoisotopic (exact) mass is 212 g/mol. The molecule has 0 radical (unpaired) electrons. The van der Waals surface area contributed by atoms with Crippen LogP contribution in [0.1, 0.15) is 18.1 Å². The van der Waals surface area contributed by atoms with Crippen LogP contribution in [-0.4, -0.2) is 12.9 Å². The van der Waals surface area contributed by atoms with Crippen LogP contribution < -0.4 is 10.5 Å². The molecule has 3 N–H and O–H groups in total. The molecule has 0 aliphatic heterocycles. The second kappa shape index (κ2) is 4.33. The first-order valence-electron chi connectivity index (χ1n) is 4.31. The smallest absolute Gasteiger partial charge is 0.148 e. The number of hydrogen-bond acceptors (Lipinski definition) is 2. The fourth-order valence-electron chi connectivity index (χ4n) is 1.26. The number of nitrogens with one attached hydrogen (secondary N) is 1. The normalized spacial score (nSPS) is 9.93. The maximum atomic E-state index is 7.39. The van der Waals surface area contributed by atoms with E-state index in [9.17, 15) is 0 Å². The predicted octanol–water partition coefficient (Wildman–Crippen LogP) is 2.20. The lowest BCUT2D eigenvalue weighted by atomic mass is 10.1. The Hall–Kier alpha value is -1.22. The molecule has 0 spiro atoms. The Morgan fingerprint density at radius 3 is 2.64 bits per heavy atom. The summed E-state index contributed by atoms with van der Waals surface area (Å²) >= 11 is 5.98. The summed E-state index contributed by atoms with van der Waals surface area (Å²) < 4.78 is 5.08. The van der Waals surface area contributed by atoms with Gasteiger partial charge in [0.25, 0.3) is 0 Å². The molecule has 76 valence electrons. The first kappa shape index (κ1) is 10.9. The summed E-state index contributed by atoms with van der Waals surface area (Å²) in [6, 6.07) is 3.65. The third-order valence-electron chi connectivity index (χ3n) is 2.01. The van der Waals surface area contributed by atoms with Gasteiger partial charge in [-0.1, -0.05) is 18.5 Å². The highest BCUT2D eigenvalue weighted by Crippen LogP contribution is 2.30. The largest absolute Gasteiger partial charge is 0.494 e. The zero-order valence-corrected chi connectivity index (χ0v) is 8.98. The molecule has 0 saturated heterocycles. The first-order valence-corrected chi connectivity index (χ1v) is 4.68. The lowest BCUT2D eigenvalue weighted by Gasteiger charge is -2.10. The number of benzene rings is 1. The number of halogens is 1. The van der Waals surface area contributed by atoms with Crippen LogP contribution in [0, 0.1) is 5.41 Å². The van der Waals surface area contributed by atoms with Gasteiger partial charge in [-0.05, 0) is 24.1 Å². The lowest BCUT2D eigenvalue weighted by Crippen LogP contribution is -2.13. The van der Waals surface area contributed by atoms with Gasteiger partial charge < -0.3 is 10.5 Å². The maximum absolute atomic E-state index is 7.39. The van der Waals surface area contributed by atoms with Crippen molar-refractivity contribution in [3.63, 3.8) is 0 Å². The van der Waals surface area contributed by atoms with Crippen molar-refractivity contribution in [2.24, 2.45) is 5.73 Å². The van der Waals surface area contributed by atoms with E-state index in [-0.39, 0.29) is 5.84 Å². The molecular weight excluding hydrogens is 200 g/mol. The quantitative estimate of drug-likeness (QED) is 0.596. The SMILES string of the molecule is CCc1cc(Cl)c(OC)c(C(=N)N)c1. The Balaban J connectivity index is 3.35. The van der Waals surface area contributed by atoms with E-state index < -0.39 is 0 Å². The number of aryl methyl sites for hydroxylation is 1.